The number of esters is 1. The van der Waals surface area contributed by atoms with Crippen molar-refractivity contribution in [2.75, 3.05) is 11.9 Å². The number of rotatable bonds is 5. The molecule has 8 nitrogen and oxygen atoms in total. The predicted molar refractivity (Wildman–Crippen MR) is 87.9 cm³/mol. The molecule has 0 aliphatic heterocycles. The van der Waals surface area contributed by atoms with E-state index in [0.29, 0.717) is 5.56 Å². The summed E-state index contributed by atoms with van der Waals surface area (Å²) in [6.07, 6.45) is 0. The molecule has 0 atom stereocenters. The van der Waals surface area contributed by atoms with E-state index in [-0.39, 0.29) is 16.9 Å². The molecular weight excluding hydrogens is 345 g/mol. The number of carbonyl (C=O) groups is 2. The molecule has 26 heavy (non-hydrogen) atoms. The van der Waals surface area contributed by atoms with Crippen molar-refractivity contribution >= 4 is 23.3 Å². The molecule has 1 N–H and O–H groups in total. The number of anilines is 1. The maximum absolute atomic E-state index is 13.7. The lowest BCUT2D eigenvalue weighted by atomic mass is 10.1. The van der Waals surface area contributed by atoms with E-state index in [1.807, 2.05) is 0 Å². The molecule has 2 aromatic carbocycles. The van der Waals surface area contributed by atoms with Gasteiger partial charge in [0.2, 0.25) is 0 Å². The van der Waals surface area contributed by atoms with Gasteiger partial charge in [0.1, 0.15) is 5.82 Å². The second-order valence-electron chi connectivity index (χ2n) is 5.19. The van der Waals surface area contributed by atoms with E-state index in [2.05, 4.69) is 5.32 Å². The summed E-state index contributed by atoms with van der Waals surface area (Å²) in [4.78, 5) is 33.8. The van der Waals surface area contributed by atoms with Gasteiger partial charge in [-0.1, -0.05) is 6.07 Å². The number of halogens is 1. The second-order valence-corrected chi connectivity index (χ2v) is 5.19. The van der Waals surface area contributed by atoms with Gasteiger partial charge in [-0.05, 0) is 30.7 Å². The van der Waals surface area contributed by atoms with Gasteiger partial charge >= 0.3 is 5.97 Å². The molecule has 2 rings (SSSR count). The SMILES string of the molecule is Cc1ccc([N+](=O)[O-])cc1NC(=O)COC(=O)c1ccc(C#N)cc1F. The first-order valence-electron chi connectivity index (χ1n) is 7.23. The van der Waals surface area contributed by atoms with Crippen LogP contribution in [0.2, 0.25) is 0 Å². The van der Waals surface area contributed by atoms with Crippen LogP contribution in [0.25, 0.3) is 0 Å². The minimum absolute atomic E-state index is 0.0398. The number of aryl methyl sites for hydroxylation is 1. The average molecular weight is 357 g/mol. The van der Waals surface area contributed by atoms with Crippen LogP contribution in [0.3, 0.4) is 0 Å². The van der Waals surface area contributed by atoms with Crippen molar-refractivity contribution in [1.29, 1.82) is 5.26 Å². The summed E-state index contributed by atoms with van der Waals surface area (Å²) in [5.74, 6) is -2.75. The lowest BCUT2D eigenvalue weighted by Crippen LogP contribution is -2.21. The first-order valence-corrected chi connectivity index (χ1v) is 7.23. The number of non-ortho nitro benzene ring substituents is 1. The van der Waals surface area contributed by atoms with Crippen molar-refractivity contribution in [3.8, 4) is 6.07 Å². The van der Waals surface area contributed by atoms with Crippen molar-refractivity contribution < 1.29 is 23.6 Å². The highest BCUT2D eigenvalue weighted by Gasteiger charge is 2.16. The van der Waals surface area contributed by atoms with Crippen molar-refractivity contribution in [2.24, 2.45) is 0 Å². The van der Waals surface area contributed by atoms with Crippen molar-refractivity contribution in [3.05, 3.63) is 69.0 Å². The Morgan fingerprint density at radius 1 is 1.31 bits per heavy atom. The van der Waals surface area contributed by atoms with Crippen LogP contribution in [-0.2, 0) is 9.53 Å². The smallest absolute Gasteiger partial charge is 0.341 e. The van der Waals surface area contributed by atoms with E-state index in [9.17, 15) is 24.1 Å². The van der Waals surface area contributed by atoms with Gasteiger partial charge < -0.3 is 10.1 Å². The summed E-state index contributed by atoms with van der Waals surface area (Å²) in [5, 5.41) is 21.8. The number of hydrogen-bond acceptors (Lipinski definition) is 6. The van der Waals surface area contributed by atoms with Gasteiger partial charge in [-0.3, -0.25) is 14.9 Å². The number of ether oxygens (including phenoxy) is 1. The number of nitriles is 1. The van der Waals surface area contributed by atoms with Crippen LogP contribution in [-0.4, -0.2) is 23.4 Å². The molecule has 0 fully saturated rings. The summed E-state index contributed by atoms with van der Waals surface area (Å²) in [5.41, 5.74) is 0.196. The summed E-state index contributed by atoms with van der Waals surface area (Å²) in [6.45, 7) is 0.928. The normalized spacial score (nSPS) is 9.88. The highest BCUT2D eigenvalue weighted by atomic mass is 19.1. The first kappa shape index (κ1) is 18.5. The molecule has 2 aromatic rings. The molecule has 0 bridgehead atoms. The Labute approximate surface area is 147 Å². The minimum Gasteiger partial charge on any atom is -0.452 e. The monoisotopic (exact) mass is 357 g/mol. The zero-order valence-corrected chi connectivity index (χ0v) is 13.5. The van der Waals surface area contributed by atoms with Crippen molar-refractivity contribution in [2.45, 2.75) is 6.92 Å². The van der Waals surface area contributed by atoms with Gasteiger partial charge in [0, 0.05) is 12.1 Å². The average Bonchev–Trinajstić information content (AvgIpc) is 2.61. The van der Waals surface area contributed by atoms with Gasteiger partial charge in [-0.2, -0.15) is 5.26 Å². The third kappa shape index (κ3) is 4.39. The molecule has 0 spiro atoms. The number of nitrogens with one attached hydrogen (secondary N) is 1. The van der Waals surface area contributed by atoms with Crippen LogP contribution < -0.4 is 5.32 Å². The number of nitro benzene ring substituents is 1. The van der Waals surface area contributed by atoms with Gasteiger partial charge in [0.15, 0.2) is 6.61 Å². The maximum Gasteiger partial charge on any atom is 0.341 e. The highest BCUT2D eigenvalue weighted by molar-refractivity contribution is 5.96. The third-order valence-electron chi connectivity index (χ3n) is 3.36. The minimum atomic E-state index is -1.07. The second kappa shape index (κ2) is 7.85. The standard InChI is InChI=1S/C17H12FN3O5/c1-10-2-4-12(21(24)25)7-15(10)20-16(22)9-26-17(23)13-5-3-11(8-19)6-14(13)18/h2-7H,9H2,1H3,(H,20,22). The van der Waals surface area contributed by atoms with E-state index >= 15 is 0 Å². The largest absolute Gasteiger partial charge is 0.452 e. The fourth-order valence-corrected chi connectivity index (χ4v) is 2.00. The Morgan fingerprint density at radius 2 is 2.04 bits per heavy atom. The lowest BCUT2D eigenvalue weighted by molar-refractivity contribution is -0.384. The molecule has 0 aliphatic rings. The van der Waals surface area contributed by atoms with E-state index < -0.39 is 34.8 Å². The molecule has 0 saturated heterocycles. The Balaban J connectivity index is 2.01. The first-order chi connectivity index (χ1) is 12.3. The summed E-state index contributed by atoms with van der Waals surface area (Å²) in [7, 11) is 0. The molecule has 1 amide bonds. The number of amides is 1. The molecule has 0 saturated carbocycles. The summed E-state index contributed by atoms with van der Waals surface area (Å²) in [6, 6.07) is 8.86. The van der Waals surface area contributed by atoms with E-state index in [1.165, 1.54) is 24.3 Å². The highest BCUT2D eigenvalue weighted by Crippen LogP contribution is 2.21. The molecular formula is C17H12FN3O5. The van der Waals surface area contributed by atoms with E-state index in [0.717, 1.165) is 12.1 Å². The maximum atomic E-state index is 13.7. The molecule has 0 unspecified atom stereocenters. The van der Waals surface area contributed by atoms with Crippen molar-refractivity contribution in [3.63, 3.8) is 0 Å². The quantitative estimate of drug-likeness (QED) is 0.499. The molecule has 0 aliphatic carbocycles. The van der Waals surface area contributed by atoms with Crippen LogP contribution in [0.4, 0.5) is 15.8 Å². The molecule has 0 radical (unpaired) electrons. The number of nitrogens with zero attached hydrogens (tertiary/aromatic N) is 2. The Bertz CT molecular complexity index is 936. The van der Waals surface area contributed by atoms with Gasteiger partial charge in [-0.25, -0.2) is 9.18 Å². The Kier molecular flexibility index (Phi) is 5.60. The van der Waals surface area contributed by atoms with Crippen LogP contribution in [0.1, 0.15) is 21.5 Å². The topological polar surface area (TPSA) is 122 Å². The summed E-state index contributed by atoms with van der Waals surface area (Å²) < 4.78 is 18.4. The predicted octanol–water partition coefficient (Wildman–Crippen LogP) is 2.71. The number of nitro groups is 1. The number of hydrogen-bond donors (Lipinski definition) is 1. The van der Waals surface area contributed by atoms with Crippen molar-refractivity contribution in [1.82, 2.24) is 0 Å². The fourth-order valence-electron chi connectivity index (χ4n) is 2.00. The zero-order chi connectivity index (χ0) is 19.3. The molecule has 132 valence electrons. The molecule has 0 aromatic heterocycles. The Hall–Kier alpha value is -3.80. The van der Waals surface area contributed by atoms with Gasteiger partial charge in [0.25, 0.3) is 11.6 Å². The van der Waals surface area contributed by atoms with Gasteiger partial charge in [-0.15, -0.1) is 0 Å². The molecule has 9 heteroatoms. The van der Waals surface area contributed by atoms with Crippen LogP contribution in [0.5, 0.6) is 0 Å². The lowest BCUT2D eigenvalue weighted by Gasteiger charge is -2.09. The zero-order valence-electron chi connectivity index (χ0n) is 13.5. The fraction of sp³-hybridized carbons (Fsp3) is 0.118. The summed E-state index contributed by atoms with van der Waals surface area (Å²) >= 11 is 0. The van der Waals surface area contributed by atoms with Crippen LogP contribution >= 0.6 is 0 Å². The van der Waals surface area contributed by atoms with E-state index in [1.54, 1.807) is 13.0 Å². The number of carbonyl (C=O) groups excluding carboxylic acids is 2. The van der Waals surface area contributed by atoms with Gasteiger partial charge in [0.05, 0.1) is 27.8 Å². The molecule has 0 heterocycles. The van der Waals surface area contributed by atoms with Crippen LogP contribution in [0, 0.1) is 34.2 Å². The number of benzene rings is 2. The van der Waals surface area contributed by atoms with E-state index in [4.69, 9.17) is 10.00 Å². The Morgan fingerprint density at radius 3 is 2.65 bits per heavy atom. The van der Waals surface area contributed by atoms with Crippen LogP contribution in [0.15, 0.2) is 36.4 Å². The third-order valence-corrected chi connectivity index (χ3v) is 3.36.